The van der Waals surface area contributed by atoms with E-state index < -0.39 is 6.10 Å². The third-order valence-corrected chi connectivity index (χ3v) is 3.12. The zero-order valence-corrected chi connectivity index (χ0v) is 10.2. The molecule has 2 aromatic rings. The van der Waals surface area contributed by atoms with Gasteiger partial charge in [0.05, 0.1) is 6.26 Å². The van der Waals surface area contributed by atoms with Crippen LogP contribution in [0.25, 0.3) is 0 Å². The van der Waals surface area contributed by atoms with Crippen LogP contribution in [-0.2, 0) is 0 Å². The molecule has 2 nitrogen and oxygen atoms in total. The van der Waals surface area contributed by atoms with E-state index in [4.69, 9.17) is 4.42 Å². The Morgan fingerprint density at radius 1 is 1.31 bits per heavy atom. The van der Waals surface area contributed by atoms with Gasteiger partial charge in [0.2, 0.25) is 0 Å². The Morgan fingerprint density at radius 3 is 2.69 bits per heavy atom. The van der Waals surface area contributed by atoms with Gasteiger partial charge >= 0.3 is 0 Å². The van der Waals surface area contributed by atoms with E-state index in [0.717, 1.165) is 5.56 Å². The average Bonchev–Trinajstić information content (AvgIpc) is 2.67. The molecule has 0 fully saturated rings. The summed E-state index contributed by atoms with van der Waals surface area (Å²) in [6, 6.07) is 6.00. The fraction of sp³-hybridized carbons (Fsp3) is 0.167. The van der Waals surface area contributed by atoms with Crippen LogP contribution < -0.4 is 0 Å². The van der Waals surface area contributed by atoms with Crippen LogP contribution in [0.2, 0.25) is 0 Å². The van der Waals surface area contributed by atoms with Crippen molar-refractivity contribution < 1.29 is 13.9 Å². The fourth-order valence-electron chi connectivity index (χ4n) is 1.57. The van der Waals surface area contributed by atoms with Crippen molar-refractivity contribution in [3.05, 3.63) is 57.7 Å². The lowest BCUT2D eigenvalue weighted by molar-refractivity contribution is 0.216. The van der Waals surface area contributed by atoms with Gasteiger partial charge in [-0.25, -0.2) is 4.39 Å². The summed E-state index contributed by atoms with van der Waals surface area (Å²) in [5, 5.41) is 10.1. The minimum absolute atomic E-state index is 0.362. The maximum absolute atomic E-state index is 13.1. The highest BCUT2D eigenvalue weighted by atomic mass is 79.9. The molecule has 0 aliphatic carbocycles. The number of furan rings is 1. The topological polar surface area (TPSA) is 33.4 Å². The van der Waals surface area contributed by atoms with Gasteiger partial charge < -0.3 is 9.52 Å². The summed E-state index contributed by atoms with van der Waals surface area (Å²) in [6.07, 6.45) is 0.584. The minimum atomic E-state index is -0.885. The lowest BCUT2D eigenvalue weighted by Gasteiger charge is -2.12. The maximum Gasteiger partial charge on any atom is 0.175 e. The number of halogens is 2. The standard InChI is InChI=1S/C12H10BrFO2/c1-7-2-3-8(14)6-10(7)11(15)9-4-5-16-12(9)13/h2-6,11,15H,1H3. The van der Waals surface area contributed by atoms with E-state index in [2.05, 4.69) is 15.9 Å². The van der Waals surface area contributed by atoms with Crippen LogP contribution in [0.3, 0.4) is 0 Å². The Labute approximate surface area is 101 Å². The molecule has 0 spiro atoms. The van der Waals surface area contributed by atoms with Crippen LogP contribution in [0.4, 0.5) is 4.39 Å². The molecule has 84 valence electrons. The summed E-state index contributed by atoms with van der Waals surface area (Å²) >= 11 is 3.19. The van der Waals surface area contributed by atoms with Crippen LogP contribution in [0.1, 0.15) is 22.8 Å². The first-order valence-electron chi connectivity index (χ1n) is 4.76. The van der Waals surface area contributed by atoms with Crippen LogP contribution in [0, 0.1) is 12.7 Å². The van der Waals surface area contributed by atoms with Gasteiger partial charge in [0.15, 0.2) is 4.67 Å². The number of hydrogen-bond donors (Lipinski definition) is 1. The van der Waals surface area contributed by atoms with Gasteiger partial charge in [-0.2, -0.15) is 0 Å². The summed E-state index contributed by atoms with van der Waals surface area (Å²) in [6.45, 7) is 1.83. The third kappa shape index (κ3) is 2.03. The quantitative estimate of drug-likeness (QED) is 0.915. The number of rotatable bonds is 2. The largest absolute Gasteiger partial charge is 0.457 e. The van der Waals surface area contributed by atoms with Crippen molar-refractivity contribution in [2.45, 2.75) is 13.0 Å². The van der Waals surface area contributed by atoms with Gasteiger partial charge in [-0.15, -0.1) is 0 Å². The molecule has 1 atom stereocenters. The number of benzene rings is 1. The lowest BCUT2D eigenvalue weighted by atomic mass is 9.99. The number of aryl methyl sites for hydroxylation is 1. The van der Waals surface area contributed by atoms with E-state index in [1.165, 1.54) is 18.4 Å². The van der Waals surface area contributed by atoms with Crippen molar-refractivity contribution >= 4 is 15.9 Å². The molecule has 0 bridgehead atoms. The second kappa shape index (κ2) is 4.39. The first-order valence-corrected chi connectivity index (χ1v) is 5.56. The fourth-order valence-corrected chi connectivity index (χ4v) is 2.03. The molecule has 0 aliphatic heterocycles. The van der Waals surface area contributed by atoms with Crippen molar-refractivity contribution in [2.24, 2.45) is 0 Å². The first kappa shape index (κ1) is 11.4. The summed E-state index contributed by atoms with van der Waals surface area (Å²) in [7, 11) is 0. The van der Waals surface area contributed by atoms with Gasteiger partial charge in [-0.1, -0.05) is 6.07 Å². The Balaban J connectivity index is 2.45. The molecule has 0 saturated heterocycles. The molecule has 0 amide bonds. The predicted molar refractivity (Wildman–Crippen MR) is 61.6 cm³/mol. The summed E-state index contributed by atoms with van der Waals surface area (Å²) in [5.41, 5.74) is 1.97. The molecule has 0 aliphatic rings. The highest BCUT2D eigenvalue weighted by Crippen LogP contribution is 2.31. The van der Waals surface area contributed by atoms with E-state index in [-0.39, 0.29) is 5.82 Å². The molecule has 1 aromatic heterocycles. The Hall–Kier alpha value is -1.13. The monoisotopic (exact) mass is 284 g/mol. The number of aliphatic hydroxyl groups is 1. The van der Waals surface area contributed by atoms with Crippen LogP contribution >= 0.6 is 15.9 Å². The second-order valence-corrected chi connectivity index (χ2v) is 4.27. The van der Waals surface area contributed by atoms with Crippen LogP contribution in [0.15, 0.2) is 39.6 Å². The van der Waals surface area contributed by atoms with Crippen molar-refractivity contribution in [3.8, 4) is 0 Å². The molecule has 0 radical (unpaired) electrons. The first-order chi connectivity index (χ1) is 7.59. The highest BCUT2D eigenvalue weighted by molar-refractivity contribution is 9.10. The van der Waals surface area contributed by atoms with Gasteiger partial charge in [-0.05, 0) is 52.2 Å². The van der Waals surface area contributed by atoms with Crippen molar-refractivity contribution in [1.82, 2.24) is 0 Å². The van der Waals surface area contributed by atoms with E-state index in [1.54, 1.807) is 12.1 Å². The molecular formula is C12H10BrFO2. The normalized spacial score (nSPS) is 12.8. The molecule has 4 heteroatoms. The number of hydrogen-bond acceptors (Lipinski definition) is 2. The Bertz CT molecular complexity index is 507. The predicted octanol–water partition coefficient (Wildman–Crippen LogP) is 3.57. The van der Waals surface area contributed by atoms with Crippen LogP contribution in [-0.4, -0.2) is 5.11 Å². The molecular weight excluding hydrogens is 275 g/mol. The molecule has 1 aromatic carbocycles. The zero-order chi connectivity index (χ0) is 11.7. The smallest absolute Gasteiger partial charge is 0.175 e. The van der Waals surface area contributed by atoms with E-state index in [9.17, 15) is 9.50 Å². The zero-order valence-electron chi connectivity index (χ0n) is 8.58. The third-order valence-electron chi connectivity index (χ3n) is 2.48. The highest BCUT2D eigenvalue weighted by Gasteiger charge is 2.18. The molecule has 0 saturated carbocycles. The van der Waals surface area contributed by atoms with Gasteiger partial charge in [-0.3, -0.25) is 0 Å². The Kier molecular flexibility index (Phi) is 3.12. The average molecular weight is 285 g/mol. The van der Waals surface area contributed by atoms with Crippen molar-refractivity contribution in [3.63, 3.8) is 0 Å². The van der Waals surface area contributed by atoms with Gasteiger partial charge in [0.25, 0.3) is 0 Å². The summed E-state index contributed by atoms with van der Waals surface area (Å²) < 4.78 is 18.6. The SMILES string of the molecule is Cc1ccc(F)cc1C(O)c1ccoc1Br. The van der Waals surface area contributed by atoms with Gasteiger partial charge in [0, 0.05) is 5.56 Å². The molecule has 2 rings (SSSR count). The van der Waals surface area contributed by atoms with E-state index >= 15 is 0 Å². The second-order valence-electron chi connectivity index (χ2n) is 3.55. The maximum atomic E-state index is 13.1. The molecule has 1 N–H and O–H groups in total. The summed E-state index contributed by atoms with van der Waals surface area (Å²) in [4.78, 5) is 0. The molecule has 16 heavy (non-hydrogen) atoms. The van der Waals surface area contributed by atoms with Crippen LogP contribution in [0.5, 0.6) is 0 Å². The van der Waals surface area contributed by atoms with E-state index in [0.29, 0.717) is 15.8 Å². The van der Waals surface area contributed by atoms with Crippen molar-refractivity contribution in [2.75, 3.05) is 0 Å². The van der Waals surface area contributed by atoms with E-state index in [1.807, 2.05) is 6.92 Å². The minimum Gasteiger partial charge on any atom is -0.457 e. The van der Waals surface area contributed by atoms with Gasteiger partial charge in [0.1, 0.15) is 11.9 Å². The lowest BCUT2D eigenvalue weighted by Crippen LogP contribution is -2.02. The number of aliphatic hydroxyl groups excluding tert-OH is 1. The summed E-state index contributed by atoms with van der Waals surface area (Å²) in [5.74, 6) is -0.362. The molecule has 1 unspecified atom stereocenters. The Morgan fingerprint density at radius 2 is 2.06 bits per heavy atom. The molecule has 1 heterocycles. The van der Waals surface area contributed by atoms with Crippen molar-refractivity contribution in [1.29, 1.82) is 0 Å².